The fourth-order valence-corrected chi connectivity index (χ4v) is 2.57. The third-order valence-corrected chi connectivity index (χ3v) is 3.76. The Morgan fingerprint density at radius 2 is 2.16 bits per heavy atom. The maximum Gasteiger partial charge on any atom is 0.325 e. The minimum Gasteiger partial charge on any atom is -0.468 e. The van der Waals surface area contributed by atoms with E-state index >= 15 is 0 Å². The summed E-state index contributed by atoms with van der Waals surface area (Å²) in [6.07, 6.45) is 5.08. The van der Waals surface area contributed by atoms with Crippen molar-refractivity contribution in [1.82, 2.24) is 15.3 Å². The number of nitrogens with one attached hydrogen (secondary N) is 1. The molecule has 1 heterocycles. The van der Waals surface area contributed by atoms with E-state index in [4.69, 9.17) is 4.74 Å². The second-order valence-electron chi connectivity index (χ2n) is 4.34. The summed E-state index contributed by atoms with van der Waals surface area (Å²) < 4.78 is 4.85. The minimum atomic E-state index is -0.610. The molecule has 0 spiro atoms. The van der Waals surface area contributed by atoms with Crippen LogP contribution in [0, 0.1) is 0 Å². The van der Waals surface area contributed by atoms with Crippen LogP contribution in [-0.2, 0) is 9.53 Å². The van der Waals surface area contributed by atoms with E-state index in [0.717, 1.165) is 30.3 Å². The molecule has 0 saturated carbocycles. The highest BCUT2D eigenvalue weighted by Gasteiger charge is 2.32. The number of thioether (sulfide) groups is 1. The van der Waals surface area contributed by atoms with E-state index in [0.29, 0.717) is 0 Å². The quantitative estimate of drug-likeness (QED) is 0.340. The lowest BCUT2D eigenvalue weighted by Gasteiger charge is -2.27. The first-order valence-electron chi connectivity index (χ1n) is 6.35. The van der Waals surface area contributed by atoms with E-state index in [1.165, 1.54) is 7.11 Å². The summed E-state index contributed by atoms with van der Waals surface area (Å²) in [6.45, 7) is 4.60. The fraction of sp³-hybridized carbons (Fsp3) is 0.615. The molecule has 106 valence electrons. The Morgan fingerprint density at radius 3 is 2.74 bits per heavy atom. The van der Waals surface area contributed by atoms with Gasteiger partial charge in [-0.1, -0.05) is 18.7 Å². The number of aromatic nitrogens is 2. The van der Waals surface area contributed by atoms with Gasteiger partial charge in [-0.25, -0.2) is 9.97 Å². The van der Waals surface area contributed by atoms with Gasteiger partial charge in [-0.05, 0) is 32.4 Å². The average molecular weight is 283 g/mol. The maximum atomic E-state index is 11.8. The molecule has 1 unspecified atom stereocenters. The first kappa shape index (κ1) is 15.9. The van der Waals surface area contributed by atoms with Crippen LogP contribution in [0.25, 0.3) is 0 Å². The predicted octanol–water partition coefficient (Wildman–Crippen LogP) is 1.89. The number of ether oxygens (including phenoxy) is 1. The van der Waals surface area contributed by atoms with Gasteiger partial charge in [0.25, 0.3) is 0 Å². The van der Waals surface area contributed by atoms with Crippen molar-refractivity contribution < 1.29 is 9.53 Å². The fourth-order valence-electron chi connectivity index (χ4n) is 1.83. The van der Waals surface area contributed by atoms with Crippen LogP contribution < -0.4 is 5.32 Å². The highest BCUT2D eigenvalue weighted by atomic mass is 32.2. The second kappa shape index (κ2) is 8.12. The molecule has 0 fully saturated rings. The number of carbonyl (C=O) groups is 1. The Morgan fingerprint density at radius 1 is 1.47 bits per heavy atom. The van der Waals surface area contributed by atoms with Gasteiger partial charge in [-0.2, -0.15) is 0 Å². The van der Waals surface area contributed by atoms with Crippen molar-refractivity contribution in [1.29, 1.82) is 0 Å². The van der Waals surface area contributed by atoms with Crippen LogP contribution in [0.3, 0.4) is 0 Å². The van der Waals surface area contributed by atoms with Gasteiger partial charge in [-0.3, -0.25) is 4.79 Å². The van der Waals surface area contributed by atoms with Crippen molar-refractivity contribution in [3.63, 3.8) is 0 Å². The van der Waals surface area contributed by atoms with Gasteiger partial charge in [0.15, 0.2) is 5.16 Å². The summed E-state index contributed by atoms with van der Waals surface area (Å²) in [6, 6.07) is 1.80. The highest BCUT2D eigenvalue weighted by molar-refractivity contribution is 7.99. The standard InChI is InChI=1S/C13H21N3O2S/c1-4-16-13(2,11(17)18-3)7-5-10-19-12-14-8-6-9-15-12/h6,8-9,16H,4-5,7,10H2,1-3H3. The van der Waals surface area contributed by atoms with Gasteiger partial charge < -0.3 is 10.1 Å². The molecule has 1 N–H and O–H groups in total. The normalized spacial score (nSPS) is 13.8. The van der Waals surface area contributed by atoms with Gasteiger partial charge in [0.2, 0.25) is 0 Å². The van der Waals surface area contributed by atoms with Crippen molar-refractivity contribution in [3.05, 3.63) is 18.5 Å². The lowest BCUT2D eigenvalue weighted by Crippen LogP contribution is -2.50. The molecule has 5 nitrogen and oxygen atoms in total. The van der Waals surface area contributed by atoms with Crippen LogP contribution >= 0.6 is 11.8 Å². The molecule has 1 aromatic rings. The molecule has 0 aromatic carbocycles. The Labute approximate surface area is 118 Å². The summed E-state index contributed by atoms with van der Waals surface area (Å²) in [5.41, 5.74) is -0.610. The van der Waals surface area contributed by atoms with E-state index in [2.05, 4.69) is 15.3 Å². The number of hydrogen-bond donors (Lipinski definition) is 1. The van der Waals surface area contributed by atoms with Crippen LogP contribution in [0.15, 0.2) is 23.6 Å². The zero-order valence-electron chi connectivity index (χ0n) is 11.7. The molecule has 1 atom stereocenters. The van der Waals surface area contributed by atoms with Gasteiger partial charge in [0.05, 0.1) is 7.11 Å². The Hall–Kier alpha value is -1.14. The van der Waals surface area contributed by atoms with Crippen LogP contribution in [0.2, 0.25) is 0 Å². The minimum absolute atomic E-state index is 0.213. The second-order valence-corrected chi connectivity index (χ2v) is 5.40. The zero-order valence-corrected chi connectivity index (χ0v) is 12.5. The summed E-state index contributed by atoms with van der Waals surface area (Å²) in [5.74, 6) is 0.664. The van der Waals surface area contributed by atoms with Crippen molar-refractivity contribution >= 4 is 17.7 Å². The van der Waals surface area contributed by atoms with Crippen molar-refractivity contribution in [2.45, 2.75) is 37.4 Å². The van der Waals surface area contributed by atoms with Crippen molar-refractivity contribution in [2.75, 3.05) is 19.4 Å². The molecule has 0 amide bonds. The SMILES string of the molecule is CCNC(C)(CCCSc1ncccn1)C(=O)OC. The predicted molar refractivity (Wildman–Crippen MR) is 76.1 cm³/mol. The lowest BCUT2D eigenvalue weighted by molar-refractivity contribution is -0.148. The van der Waals surface area contributed by atoms with E-state index in [1.54, 1.807) is 30.2 Å². The Bertz CT molecular complexity index is 389. The number of carbonyl (C=O) groups excluding carboxylic acids is 1. The molecule has 0 saturated heterocycles. The first-order valence-corrected chi connectivity index (χ1v) is 7.34. The van der Waals surface area contributed by atoms with Crippen LogP contribution in [-0.4, -0.2) is 40.9 Å². The van der Waals surface area contributed by atoms with Gasteiger partial charge >= 0.3 is 5.97 Å². The van der Waals surface area contributed by atoms with Crippen molar-refractivity contribution in [2.24, 2.45) is 0 Å². The molecule has 0 aliphatic rings. The molecule has 0 aliphatic heterocycles. The number of rotatable bonds is 8. The third-order valence-electron chi connectivity index (χ3n) is 2.80. The van der Waals surface area contributed by atoms with Gasteiger partial charge in [0.1, 0.15) is 5.54 Å². The van der Waals surface area contributed by atoms with Crippen molar-refractivity contribution in [3.8, 4) is 0 Å². The molecule has 0 bridgehead atoms. The monoisotopic (exact) mass is 283 g/mol. The third kappa shape index (κ3) is 5.16. The summed E-state index contributed by atoms with van der Waals surface area (Å²) in [7, 11) is 1.42. The highest BCUT2D eigenvalue weighted by Crippen LogP contribution is 2.19. The summed E-state index contributed by atoms with van der Waals surface area (Å²) >= 11 is 1.60. The summed E-state index contributed by atoms with van der Waals surface area (Å²) in [4.78, 5) is 20.1. The average Bonchev–Trinajstić information content (AvgIpc) is 2.44. The lowest BCUT2D eigenvalue weighted by atomic mass is 9.96. The largest absolute Gasteiger partial charge is 0.468 e. The maximum absolute atomic E-state index is 11.8. The molecule has 0 aliphatic carbocycles. The van der Waals surface area contributed by atoms with E-state index in [9.17, 15) is 4.79 Å². The van der Waals surface area contributed by atoms with Crippen LogP contribution in [0.4, 0.5) is 0 Å². The van der Waals surface area contributed by atoms with Gasteiger partial charge in [-0.15, -0.1) is 0 Å². The Balaban J connectivity index is 2.38. The number of esters is 1. The number of methoxy groups -OCH3 is 1. The summed E-state index contributed by atoms with van der Waals surface area (Å²) in [5, 5.41) is 3.96. The van der Waals surface area contributed by atoms with E-state index < -0.39 is 5.54 Å². The van der Waals surface area contributed by atoms with Crippen LogP contribution in [0.5, 0.6) is 0 Å². The molecule has 19 heavy (non-hydrogen) atoms. The zero-order chi connectivity index (χ0) is 14.1. The topological polar surface area (TPSA) is 64.1 Å². The number of likely N-dealkylation sites (N-methyl/N-ethyl adjacent to an activating group) is 1. The molecular formula is C13H21N3O2S. The number of hydrogen-bond acceptors (Lipinski definition) is 6. The van der Waals surface area contributed by atoms with Gasteiger partial charge in [0, 0.05) is 18.1 Å². The van der Waals surface area contributed by atoms with E-state index in [-0.39, 0.29) is 5.97 Å². The molecule has 1 rings (SSSR count). The molecule has 1 aromatic heterocycles. The number of nitrogens with zero attached hydrogens (tertiary/aromatic N) is 2. The molecule has 6 heteroatoms. The molecule has 0 radical (unpaired) electrons. The van der Waals surface area contributed by atoms with Crippen LogP contribution in [0.1, 0.15) is 26.7 Å². The Kier molecular flexibility index (Phi) is 6.80. The first-order chi connectivity index (χ1) is 9.12. The molecular weight excluding hydrogens is 262 g/mol. The van der Waals surface area contributed by atoms with E-state index in [1.807, 2.05) is 13.8 Å². The smallest absolute Gasteiger partial charge is 0.325 e.